The molecule has 77 valence electrons. The van der Waals surface area contributed by atoms with Crippen LogP contribution in [0.25, 0.3) is 0 Å². The maximum Gasteiger partial charge on any atom is 0.332 e. The van der Waals surface area contributed by atoms with Crippen molar-refractivity contribution < 1.29 is 19.5 Å². The van der Waals surface area contributed by atoms with Gasteiger partial charge in [0.05, 0.1) is 0 Å². The lowest BCUT2D eigenvalue weighted by atomic mass is 10.1. The fraction of sp³-hybridized carbons (Fsp3) is 0.100. The van der Waals surface area contributed by atoms with Crippen molar-refractivity contribution in [1.82, 2.24) is 0 Å². The fourth-order valence-corrected chi connectivity index (χ4v) is 0.859. The van der Waals surface area contributed by atoms with Gasteiger partial charge in [-0.25, -0.2) is 4.79 Å². The van der Waals surface area contributed by atoms with Crippen LogP contribution in [0.15, 0.2) is 29.4 Å². The molecule has 1 aromatic rings. The molecule has 0 atom stereocenters. The van der Waals surface area contributed by atoms with Gasteiger partial charge in [0.25, 0.3) is 6.29 Å². The molecule has 0 saturated heterocycles. The summed E-state index contributed by atoms with van der Waals surface area (Å²) in [5.74, 6) is -0.557. The van der Waals surface area contributed by atoms with Crippen LogP contribution in [-0.4, -0.2) is 23.1 Å². The van der Waals surface area contributed by atoms with Gasteiger partial charge >= 0.3 is 5.97 Å². The zero-order chi connectivity index (χ0) is 11.3. The van der Waals surface area contributed by atoms with E-state index in [2.05, 4.69) is 9.99 Å². The number of phenolic OH excluding ortho intramolecular Hbond substituents is 1. The molecule has 0 aromatic heterocycles. The van der Waals surface area contributed by atoms with E-state index in [4.69, 9.17) is 5.11 Å². The first-order valence-electron chi connectivity index (χ1n) is 4.06. The summed E-state index contributed by atoms with van der Waals surface area (Å²) in [6.45, 7) is 1.17. The third kappa shape index (κ3) is 3.22. The minimum Gasteiger partial charge on any atom is -0.508 e. The van der Waals surface area contributed by atoms with Crippen molar-refractivity contribution in [3.63, 3.8) is 0 Å². The third-order valence-electron chi connectivity index (χ3n) is 1.50. The second-order valence-corrected chi connectivity index (χ2v) is 2.67. The molecule has 0 aliphatic heterocycles. The molecule has 1 rings (SSSR count). The molecule has 0 heterocycles. The highest BCUT2D eigenvalue weighted by Crippen LogP contribution is 2.10. The van der Waals surface area contributed by atoms with Crippen molar-refractivity contribution in [2.75, 3.05) is 0 Å². The number of phenols is 1. The average Bonchev–Trinajstić information content (AvgIpc) is 2.21. The lowest BCUT2D eigenvalue weighted by Crippen LogP contribution is -2.04. The van der Waals surface area contributed by atoms with E-state index in [1.54, 1.807) is 0 Å². The van der Waals surface area contributed by atoms with E-state index >= 15 is 0 Å². The van der Waals surface area contributed by atoms with Gasteiger partial charge in [-0.2, -0.15) is 0 Å². The van der Waals surface area contributed by atoms with E-state index in [1.165, 1.54) is 37.5 Å². The molecule has 0 spiro atoms. The predicted molar refractivity (Wildman–Crippen MR) is 52.1 cm³/mol. The maximum atomic E-state index is 10.5. The van der Waals surface area contributed by atoms with Crippen LogP contribution in [-0.2, 0) is 14.4 Å². The lowest BCUT2D eigenvalue weighted by Gasteiger charge is -1.98. The van der Waals surface area contributed by atoms with Crippen molar-refractivity contribution in [2.24, 2.45) is 5.16 Å². The number of hydrogen-bond acceptors (Lipinski definition) is 5. The Hall–Kier alpha value is -2.17. The molecule has 0 amide bonds. The number of aromatic hydroxyl groups is 1. The van der Waals surface area contributed by atoms with E-state index in [0.717, 1.165) is 0 Å². The van der Waals surface area contributed by atoms with Crippen molar-refractivity contribution in [3.05, 3.63) is 29.8 Å². The Bertz CT molecular complexity index is 394. The third-order valence-corrected chi connectivity index (χ3v) is 1.50. The van der Waals surface area contributed by atoms with Crippen molar-refractivity contribution in [1.29, 1.82) is 0 Å². The number of oxime groups is 1. The summed E-state index contributed by atoms with van der Waals surface area (Å²) < 4.78 is 0. The van der Waals surface area contributed by atoms with Crippen LogP contribution in [0.4, 0.5) is 0 Å². The van der Waals surface area contributed by atoms with Gasteiger partial charge in [0, 0.05) is 12.5 Å². The summed E-state index contributed by atoms with van der Waals surface area (Å²) in [6, 6.07) is 5.69. The summed E-state index contributed by atoms with van der Waals surface area (Å²) in [4.78, 5) is 25.2. The second-order valence-electron chi connectivity index (χ2n) is 2.67. The molecular weight excluding hydrogens is 198 g/mol. The first-order valence-corrected chi connectivity index (χ1v) is 4.06. The molecule has 0 bridgehead atoms. The molecule has 1 N–H and O–H groups in total. The van der Waals surface area contributed by atoms with Crippen LogP contribution in [0, 0.1) is 0 Å². The largest absolute Gasteiger partial charge is 0.508 e. The first-order chi connectivity index (χ1) is 7.13. The smallest absolute Gasteiger partial charge is 0.332 e. The number of rotatable bonds is 3. The Balaban J connectivity index is 2.92. The minimum atomic E-state index is -0.624. The van der Waals surface area contributed by atoms with Gasteiger partial charge in [0.1, 0.15) is 5.75 Å². The van der Waals surface area contributed by atoms with Gasteiger partial charge in [-0.05, 0) is 24.3 Å². The molecule has 1 radical (unpaired) electrons. The van der Waals surface area contributed by atoms with E-state index < -0.39 is 5.97 Å². The summed E-state index contributed by atoms with van der Waals surface area (Å²) in [5.41, 5.74) is 0.272. The van der Waals surface area contributed by atoms with Crippen LogP contribution in [0.2, 0.25) is 0 Å². The van der Waals surface area contributed by atoms with Gasteiger partial charge < -0.3 is 9.94 Å². The molecule has 0 saturated carbocycles. The van der Waals surface area contributed by atoms with Crippen molar-refractivity contribution >= 4 is 18.0 Å². The Labute approximate surface area is 86.0 Å². The van der Waals surface area contributed by atoms with Gasteiger partial charge in [-0.1, -0.05) is 5.16 Å². The average molecular weight is 206 g/mol. The number of benzene rings is 1. The second kappa shape index (κ2) is 4.90. The number of nitrogens with zero attached hydrogens (tertiary/aromatic N) is 1. The molecule has 0 aliphatic carbocycles. The number of carbonyl (C=O) groups excluding carboxylic acids is 2. The zero-order valence-electron chi connectivity index (χ0n) is 7.93. The van der Waals surface area contributed by atoms with Crippen LogP contribution >= 0.6 is 0 Å². The van der Waals surface area contributed by atoms with Gasteiger partial charge in [-0.15, -0.1) is 0 Å². The summed E-state index contributed by atoms with van der Waals surface area (Å²) in [6.07, 6.45) is 1.53. The Kier molecular flexibility index (Phi) is 3.56. The van der Waals surface area contributed by atoms with Gasteiger partial charge in [-0.3, -0.25) is 4.79 Å². The summed E-state index contributed by atoms with van der Waals surface area (Å²) in [5, 5.41) is 12.3. The Morgan fingerprint density at radius 3 is 2.47 bits per heavy atom. The van der Waals surface area contributed by atoms with Gasteiger partial charge in [0.2, 0.25) is 0 Å². The first kappa shape index (κ1) is 10.9. The SMILES string of the molecule is CC(=O)ON=C([C]=O)c1ccc(O)cc1. The molecule has 5 nitrogen and oxygen atoms in total. The quantitative estimate of drug-likeness (QED) is 0.450. The van der Waals surface area contributed by atoms with Crippen LogP contribution in [0.3, 0.4) is 0 Å². The normalized spacial score (nSPS) is 10.9. The maximum absolute atomic E-state index is 10.5. The molecule has 1 aromatic carbocycles. The summed E-state index contributed by atoms with van der Waals surface area (Å²) in [7, 11) is 0. The standard InChI is InChI=1S/C10H8NO4/c1-7(13)15-11-10(6-12)8-2-4-9(14)5-3-8/h2-5,14H,1H3. The highest BCUT2D eigenvalue weighted by molar-refractivity contribution is 6.36. The molecule has 15 heavy (non-hydrogen) atoms. The lowest BCUT2D eigenvalue weighted by molar-refractivity contribution is -0.140. The van der Waals surface area contributed by atoms with Crippen LogP contribution in [0.5, 0.6) is 5.75 Å². The minimum absolute atomic E-state index is 0.0662. The van der Waals surface area contributed by atoms with E-state index in [0.29, 0.717) is 5.56 Å². The molecular formula is C10H8NO4. The van der Waals surface area contributed by atoms with E-state index in [9.17, 15) is 9.59 Å². The highest BCUT2D eigenvalue weighted by Gasteiger charge is 2.04. The number of carbonyl (C=O) groups is 1. The predicted octanol–water partition coefficient (Wildman–Crippen LogP) is 0.769. The fourth-order valence-electron chi connectivity index (χ4n) is 0.859. The van der Waals surface area contributed by atoms with E-state index in [1.807, 2.05) is 0 Å². The van der Waals surface area contributed by atoms with Gasteiger partial charge in [0.15, 0.2) is 5.71 Å². The zero-order valence-corrected chi connectivity index (χ0v) is 7.93. The monoisotopic (exact) mass is 206 g/mol. The summed E-state index contributed by atoms with van der Waals surface area (Å²) >= 11 is 0. The molecule has 5 heteroatoms. The topological polar surface area (TPSA) is 76.0 Å². The van der Waals surface area contributed by atoms with Crippen LogP contribution in [0.1, 0.15) is 12.5 Å². The molecule has 0 unspecified atom stereocenters. The number of hydrogen-bond donors (Lipinski definition) is 1. The Morgan fingerprint density at radius 1 is 1.40 bits per heavy atom. The highest BCUT2D eigenvalue weighted by atomic mass is 16.7. The molecule has 0 aliphatic rings. The van der Waals surface area contributed by atoms with Crippen molar-refractivity contribution in [2.45, 2.75) is 6.92 Å². The van der Waals surface area contributed by atoms with Crippen molar-refractivity contribution in [3.8, 4) is 5.75 Å². The molecule has 0 fully saturated rings. The Morgan fingerprint density at radius 2 is 2.00 bits per heavy atom. The van der Waals surface area contributed by atoms with Crippen LogP contribution < -0.4 is 0 Å². The van der Waals surface area contributed by atoms with E-state index in [-0.39, 0.29) is 11.5 Å².